The van der Waals surface area contributed by atoms with Gasteiger partial charge in [0, 0.05) is 24.7 Å². The number of aromatic nitrogens is 4. The van der Waals surface area contributed by atoms with Crippen LogP contribution in [0.25, 0.3) is 0 Å². The number of nitrogens with zero attached hydrogens (tertiary/aromatic N) is 3. The maximum absolute atomic E-state index is 12.0. The van der Waals surface area contributed by atoms with E-state index >= 15 is 0 Å². The zero-order chi connectivity index (χ0) is 14.7. The van der Waals surface area contributed by atoms with Gasteiger partial charge in [-0.15, -0.1) is 0 Å². The molecule has 7 heteroatoms. The highest BCUT2D eigenvalue weighted by atomic mass is 16.5. The van der Waals surface area contributed by atoms with Crippen LogP contribution < -0.4 is 10.9 Å². The zero-order valence-corrected chi connectivity index (χ0v) is 12.1. The third-order valence-electron chi connectivity index (χ3n) is 3.06. The van der Waals surface area contributed by atoms with Crippen molar-refractivity contribution in [2.24, 2.45) is 0 Å². The fourth-order valence-corrected chi connectivity index (χ4v) is 2.18. The molecule has 20 heavy (non-hydrogen) atoms. The smallest absolute Gasteiger partial charge is 0.255 e. The van der Waals surface area contributed by atoms with Gasteiger partial charge in [0.1, 0.15) is 5.82 Å². The molecule has 0 fully saturated rings. The molecule has 2 aromatic rings. The fraction of sp³-hybridized carbons (Fsp3) is 0.538. The van der Waals surface area contributed by atoms with Crippen molar-refractivity contribution < 1.29 is 4.52 Å². The van der Waals surface area contributed by atoms with Gasteiger partial charge in [0.2, 0.25) is 5.89 Å². The van der Waals surface area contributed by atoms with Crippen molar-refractivity contribution in [1.29, 1.82) is 0 Å². The fourth-order valence-electron chi connectivity index (χ4n) is 2.18. The second-order valence-electron chi connectivity index (χ2n) is 4.81. The van der Waals surface area contributed by atoms with Crippen molar-refractivity contribution in [3.63, 3.8) is 0 Å². The Hall–Kier alpha value is -2.02. The highest BCUT2D eigenvalue weighted by Gasteiger charge is 2.14. The summed E-state index contributed by atoms with van der Waals surface area (Å²) in [5, 5.41) is 7.00. The van der Waals surface area contributed by atoms with Gasteiger partial charge in [-0.25, -0.2) is 4.98 Å². The molecular weight excluding hydrogens is 258 g/mol. The van der Waals surface area contributed by atoms with Crippen molar-refractivity contribution in [1.82, 2.24) is 25.4 Å². The second-order valence-corrected chi connectivity index (χ2v) is 4.81. The SMILES string of the molecule is Cc1noc(CCNC(C)c2c(C)nc(C)[nH]c2=O)n1. The summed E-state index contributed by atoms with van der Waals surface area (Å²) in [6, 6.07) is -0.0872. The van der Waals surface area contributed by atoms with Crippen LogP contribution >= 0.6 is 0 Å². The van der Waals surface area contributed by atoms with Crippen LogP contribution in [-0.4, -0.2) is 26.7 Å². The van der Waals surface area contributed by atoms with Gasteiger partial charge in [0.25, 0.3) is 5.56 Å². The topological polar surface area (TPSA) is 96.7 Å². The van der Waals surface area contributed by atoms with E-state index < -0.39 is 0 Å². The zero-order valence-electron chi connectivity index (χ0n) is 12.1. The molecular formula is C13H19N5O2. The standard InChI is InChI=1S/C13H19N5O2/c1-7(12-8(2)15-9(3)17-13(12)19)14-6-5-11-16-10(4)18-20-11/h7,14H,5-6H2,1-4H3,(H,15,17,19). The van der Waals surface area contributed by atoms with Crippen LogP contribution in [0.2, 0.25) is 0 Å². The van der Waals surface area contributed by atoms with Crippen molar-refractivity contribution in [3.05, 3.63) is 39.2 Å². The molecule has 108 valence electrons. The molecule has 0 amide bonds. The third kappa shape index (κ3) is 3.30. The van der Waals surface area contributed by atoms with Crippen LogP contribution in [0.3, 0.4) is 0 Å². The van der Waals surface area contributed by atoms with E-state index in [1.165, 1.54) is 0 Å². The predicted octanol–water partition coefficient (Wildman–Crippen LogP) is 0.971. The van der Waals surface area contributed by atoms with Gasteiger partial charge in [-0.3, -0.25) is 4.79 Å². The first-order valence-electron chi connectivity index (χ1n) is 6.57. The van der Waals surface area contributed by atoms with Gasteiger partial charge in [-0.1, -0.05) is 5.16 Å². The van der Waals surface area contributed by atoms with Crippen LogP contribution in [0.4, 0.5) is 0 Å². The van der Waals surface area contributed by atoms with Crippen molar-refractivity contribution in [2.45, 2.75) is 40.2 Å². The summed E-state index contributed by atoms with van der Waals surface area (Å²) < 4.78 is 5.03. The van der Waals surface area contributed by atoms with Crippen molar-refractivity contribution in [2.75, 3.05) is 6.54 Å². The first-order valence-corrected chi connectivity index (χ1v) is 6.57. The number of rotatable bonds is 5. The molecule has 0 aliphatic carbocycles. The quantitative estimate of drug-likeness (QED) is 0.845. The van der Waals surface area contributed by atoms with Gasteiger partial charge in [-0.2, -0.15) is 4.98 Å². The number of aryl methyl sites for hydroxylation is 3. The van der Waals surface area contributed by atoms with Gasteiger partial charge in [0.15, 0.2) is 5.82 Å². The first-order chi connectivity index (χ1) is 9.47. The number of H-pyrrole nitrogens is 1. The summed E-state index contributed by atoms with van der Waals surface area (Å²) in [4.78, 5) is 23.1. The molecule has 0 saturated heterocycles. The van der Waals surface area contributed by atoms with E-state index in [1.807, 2.05) is 13.8 Å². The highest BCUT2D eigenvalue weighted by molar-refractivity contribution is 5.19. The normalized spacial score (nSPS) is 12.6. The minimum absolute atomic E-state index is 0.0872. The molecule has 0 aliphatic heterocycles. The summed E-state index contributed by atoms with van der Waals surface area (Å²) in [6.07, 6.45) is 0.626. The molecule has 0 aromatic carbocycles. The van der Waals surface area contributed by atoms with Gasteiger partial charge >= 0.3 is 0 Å². The monoisotopic (exact) mass is 277 g/mol. The van der Waals surface area contributed by atoms with Crippen molar-refractivity contribution in [3.8, 4) is 0 Å². The summed E-state index contributed by atoms with van der Waals surface area (Å²) in [5.74, 6) is 1.85. The molecule has 0 spiro atoms. The molecule has 1 atom stereocenters. The van der Waals surface area contributed by atoms with Crippen LogP contribution in [0.1, 0.15) is 41.8 Å². The predicted molar refractivity (Wildman–Crippen MR) is 73.5 cm³/mol. The summed E-state index contributed by atoms with van der Waals surface area (Å²) in [7, 11) is 0. The Morgan fingerprint density at radius 2 is 2.05 bits per heavy atom. The number of nitrogens with one attached hydrogen (secondary N) is 2. The van der Waals surface area contributed by atoms with E-state index in [1.54, 1.807) is 13.8 Å². The molecule has 7 nitrogen and oxygen atoms in total. The van der Waals surface area contributed by atoms with Gasteiger partial charge in [-0.05, 0) is 27.7 Å². The molecule has 0 aliphatic rings. The van der Waals surface area contributed by atoms with E-state index in [0.717, 1.165) is 5.69 Å². The Bertz CT molecular complexity index is 646. The minimum Gasteiger partial charge on any atom is -0.339 e. The molecule has 2 heterocycles. The van der Waals surface area contributed by atoms with E-state index in [2.05, 4.69) is 25.4 Å². The summed E-state index contributed by atoms with van der Waals surface area (Å²) in [5.41, 5.74) is 1.32. The average molecular weight is 277 g/mol. The van der Waals surface area contributed by atoms with E-state index in [-0.39, 0.29) is 11.6 Å². The van der Waals surface area contributed by atoms with Crippen LogP contribution in [0, 0.1) is 20.8 Å². The van der Waals surface area contributed by atoms with E-state index in [0.29, 0.717) is 36.1 Å². The summed E-state index contributed by atoms with van der Waals surface area (Å²) in [6.45, 7) is 7.98. The maximum atomic E-state index is 12.0. The van der Waals surface area contributed by atoms with Gasteiger partial charge in [0.05, 0.1) is 5.56 Å². The Kier molecular flexibility index (Phi) is 4.29. The Labute approximate surface area is 116 Å². The lowest BCUT2D eigenvalue weighted by Crippen LogP contribution is -2.29. The summed E-state index contributed by atoms with van der Waals surface area (Å²) >= 11 is 0. The van der Waals surface area contributed by atoms with Crippen LogP contribution in [0.5, 0.6) is 0 Å². The van der Waals surface area contributed by atoms with Crippen LogP contribution in [0.15, 0.2) is 9.32 Å². The van der Waals surface area contributed by atoms with Crippen LogP contribution in [-0.2, 0) is 6.42 Å². The minimum atomic E-state index is -0.0939. The molecule has 2 aromatic heterocycles. The Morgan fingerprint density at radius 3 is 2.65 bits per heavy atom. The maximum Gasteiger partial charge on any atom is 0.255 e. The first kappa shape index (κ1) is 14.4. The molecule has 1 unspecified atom stereocenters. The van der Waals surface area contributed by atoms with E-state index in [9.17, 15) is 4.79 Å². The largest absolute Gasteiger partial charge is 0.339 e. The lowest BCUT2D eigenvalue weighted by atomic mass is 10.1. The molecule has 0 bridgehead atoms. The van der Waals surface area contributed by atoms with Gasteiger partial charge < -0.3 is 14.8 Å². The Balaban J connectivity index is 1.98. The third-order valence-corrected chi connectivity index (χ3v) is 3.06. The molecule has 0 saturated carbocycles. The number of hydrogen-bond donors (Lipinski definition) is 2. The second kappa shape index (κ2) is 5.96. The van der Waals surface area contributed by atoms with Crippen molar-refractivity contribution >= 4 is 0 Å². The molecule has 2 N–H and O–H groups in total. The number of aromatic amines is 1. The lowest BCUT2D eigenvalue weighted by Gasteiger charge is -2.14. The number of hydrogen-bond acceptors (Lipinski definition) is 6. The lowest BCUT2D eigenvalue weighted by molar-refractivity contribution is 0.370. The average Bonchev–Trinajstić information content (AvgIpc) is 2.73. The molecule has 2 rings (SSSR count). The Morgan fingerprint density at radius 1 is 1.30 bits per heavy atom. The van der Waals surface area contributed by atoms with E-state index in [4.69, 9.17) is 4.52 Å². The molecule has 0 radical (unpaired) electrons. The highest BCUT2D eigenvalue weighted by Crippen LogP contribution is 2.10.